The standard InChI is InChI=1S/C22H31N3O2/c1-16(2)27-20-13-9-18(10-14-20)22(26)23-15-21(25(5)6)17-7-11-19(12-8-17)24(3)4/h7-14,16,21H,15H2,1-6H3,(H,23,26)/t21-/m0/s1. The number of carbonyl (C=O) groups is 1. The van der Waals surface area contributed by atoms with Gasteiger partial charge in [-0.05, 0) is 69.9 Å². The summed E-state index contributed by atoms with van der Waals surface area (Å²) in [5, 5.41) is 3.04. The second-order valence-corrected chi connectivity index (χ2v) is 7.37. The first kappa shape index (κ1) is 20.8. The predicted molar refractivity (Wildman–Crippen MR) is 112 cm³/mol. The van der Waals surface area contributed by atoms with Gasteiger partial charge in [-0.1, -0.05) is 12.1 Å². The zero-order valence-electron chi connectivity index (χ0n) is 17.2. The molecule has 0 aliphatic heterocycles. The minimum Gasteiger partial charge on any atom is -0.491 e. The maximum atomic E-state index is 12.5. The van der Waals surface area contributed by atoms with E-state index in [0.717, 1.165) is 11.4 Å². The van der Waals surface area contributed by atoms with Crippen LogP contribution in [-0.4, -0.2) is 51.6 Å². The molecule has 5 nitrogen and oxygen atoms in total. The van der Waals surface area contributed by atoms with Crippen LogP contribution < -0.4 is 15.0 Å². The normalized spacial score (nSPS) is 12.1. The van der Waals surface area contributed by atoms with E-state index in [1.54, 1.807) is 12.1 Å². The number of amides is 1. The molecule has 1 amide bonds. The quantitative estimate of drug-likeness (QED) is 0.773. The van der Waals surface area contributed by atoms with E-state index >= 15 is 0 Å². The van der Waals surface area contributed by atoms with Gasteiger partial charge in [0.05, 0.1) is 12.1 Å². The largest absolute Gasteiger partial charge is 0.491 e. The molecule has 0 aliphatic rings. The summed E-state index contributed by atoms with van der Waals surface area (Å²) >= 11 is 0. The Kier molecular flexibility index (Phi) is 7.25. The molecule has 2 rings (SSSR count). The molecule has 2 aromatic carbocycles. The molecule has 0 bridgehead atoms. The molecule has 146 valence electrons. The molecule has 0 unspecified atom stereocenters. The molecule has 1 atom stereocenters. The minimum absolute atomic E-state index is 0.0807. The van der Waals surface area contributed by atoms with E-state index in [0.29, 0.717) is 12.1 Å². The smallest absolute Gasteiger partial charge is 0.251 e. The van der Waals surface area contributed by atoms with Crippen LogP contribution in [0, 0.1) is 0 Å². The molecular weight excluding hydrogens is 338 g/mol. The van der Waals surface area contributed by atoms with Gasteiger partial charge in [-0.2, -0.15) is 0 Å². The van der Waals surface area contributed by atoms with Gasteiger partial charge in [0.1, 0.15) is 5.75 Å². The highest BCUT2D eigenvalue weighted by Gasteiger charge is 2.16. The van der Waals surface area contributed by atoms with E-state index in [2.05, 4.69) is 39.4 Å². The number of benzene rings is 2. The summed E-state index contributed by atoms with van der Waals surface area (Å²) in [6.45, 7) is 4.50. The Morgan fingerprint density at radius 3 is 2.04 bits per heavy atom. The molecule has 0 aliphatic carbocycles. The second-order valence-electron chi connectivity index (χ2n) is 7.37. The first-order valence-electron chi connectivity index (χ1n) is 9.26. The highest BCUT2D eigenvalue weighted by atomic mass is 16.5. The Labute approximate surface area is 162 Å². The lowest BCUT2D eigenvalue weighted by Crippen LogP contribution is -2.34. The SMILES string of the molecule is CC(C)Oc1ccc(C(=O)NC[C@@H](c2ccc(N(C)C)cc2)N(C)C)cc1. The molecule has 27 heavy (non-hydrogen) atoms. The maximum absolute atomic E-state index is 12.5. The Balaban J connectivity index is 2.01. The average molecular weight is 370 g/mol. The van der Waals surface area contributed by atoms with Crippen molar-refractivity contribution in [3.63, 3.8) is 0 Å². The number of carbonyl (C=O) groups excluding carboxylic acids is 1. The van der Waals surface area contributed by atoms with Crippen molar-refractivity contribution in [3.8, 4) is 5.75 Å². The van der Waals surface area contributed by atoms with Crippen molar-refractivity contribution in [2.75, 3.05) is 39.6 Å². The average Bonchev–Trinajstić information content (AvgIpc) is 2.62. The van der Waals surface area contributed by atoms with E-state index in [9.17, 15) is 4.79 Å². The van der Waals surface area contributed by atoms with Crippen molar-refractivity contribution in [1.82, 2.24) is 10.2 Å². The van der Waals surface area contributed by atoms with Crippen LogP contribution in [0.25, 0.3) is 0 Å². The lowest BCUT2D eigenvalue weighted by molar-refractivity contribution is 0.0942. The van der Waals surface area contributed by atoms with Crippen LogP contribution >= 0.6 is 0 Å². The third-order valence-electron chi connectivity index (χ3n) is 4.36. The van der Waals surface area contributed by atoms with Gasteiger partial charge in [-0.3, -0.25) is 4.79 Å². The van der Waals surface area contributed by atoms with E-state index in [1.807, 2.05) is 54.2 Å². The topological polar surface area (TPSA) is 44.8 Å². The molecule has 0 saturated carbocycles. The maximum Gasteiger partial charge on any atom is 0.251 e. The van der Waals surface area contributed by atoms with Crippen LogP contribution in [0.2, 0.25) is 0 Å². The highest BCUT2D eigenvalue weighted by molar-refractivity contribution is 5.94. The fraction of sp³-hybridized carbons (Fsp3) is 0.409. The molecule has 5 heteroatoms. The molecular formula is C22H31N3O2. The number of nitrogens with zero attached hydrogens (tertiary/aromatic N) is 2. The van der Waals surface area contributed by atoms with Gasteiger partial charge in [0, 0.05) is 31.9 Å². The monoisotopic (exact) mass is 369 g/mol. The highest BCUT2D eigenvalue weighted by Crippen LogP contribution is 2.21. The summed E-state index contributed by atoms with van der Waals surface area (Å²) in [4.78, 5) is 16.7. The second kappa shape index (κ2) is 9.42. The molecule has 2 aromatic rings. The summed E-state index contributed by atoms with van der Waals surface area (Å²) < 4.78 is 5.62. The Bertz CT molecular complexity index is 722. The van der Waals surface area contributed by atoms with Crippen molar-refractivity contribution in [2.24, 2.45) is 0 Å². The number of anilines is 1. The predicted octanol–water partition coefficient (Wildman–Crippen LogP) is 3.57. The lowest BCUT2D eigenvalue weighted by atomic mass is 10.0. The number of nitrogens with one attached hydrogen (secondary N) is 1. The molecule has 1 N–H and O–H groups in total. The van der Waals surface area contributed by atoms with Gasteiger partial charge < -0.3 is 19.9 Å². The van der Waals surface area contributed by atoms with Crippen LogP contribution in [0.4, 0.5) is 5.69 Å². The van der Waals surface area contributed by atoms with Crippen LogP contribution in [-0.2, 0) is 0 Å². The zero-order valence-corrected chi connectivity index (χ0v) is 17.2. The number of hydrogen-bond acceptors (Lipinski definition) is 4. The first-order valence-corrected chi connectivity index (χ1v) is 9.26. The Hall–Kier alpha value is -2.53. The molecule has 0 heterocycles. The van der Waals surface area contributed by atoms with Gasteiger partial charge in [-0.15, -0.1) is 0 Å². The third kappa shape index (κ3) is 6.00. The summed E-state index contributed by atoms with van der Waals surface area (Å²) in [7, 11) is 8.09. The Morgan fingerprint density at radius 2 is 1.56 bits per heavy atom. The van der Waals surface area contributed by atoms with Crippen molar-refractivity contribution in [2.45, 2.75) is 26.0 Å². The molecule has 0 radical (unpaired) electrons. The third-order valence-corrected chi connectivity index (χ3v) is 4.36. The Morgan fingerprint density at radius 1 is 0.963 bits per heavy atom. The van der Waals surface area contributed by atoms with Gasteiger partial charge in [0.15, 0.2) is 0 Å². The van der Waals surface area contributed by atoms with Gasteiger partial charge >= 0.3 is 0 Å². The van der Waals surface area contributed by atoms with Crippen molar-refractivity contribution < 1.29 is 9.53 Å². The van der Waals surface area contributed by atoms with Crippen LogP contribution in [0.3, 0.4) is 0 Å². The van der Waals surface area contributed by atoms with Crippen LogP contribution in [0.5, 0.6) is 5.75 Å². The number of rotatable bonds is 8. The lowest BCUT2D eigenvalue weighted by Gasteiger charge is -2.26. The molecule has 0 fully saturated rings. The van der Waals surface area contributed by atoms with Gasteiger partial charge in [0.2, 0.25) is 0 Å². The fourth-order valence-corrected chi connectivity index (χ4v) is 2.84. The summed E-state index contributed by atoms with van der Waals surface area (Å²) in [6, 6.07) is 15.8. The number of likely N-dealkylation sites (N-methyl/N-ethyl adjacent to an activating group) is 1. The van der Waals surface area contributed by atoms with E-state index in [1.165, 1.54) is 5.56 Å². The zero-order chi connectivity index (χ0) is 20.0. The summed E-state index contributed by atoms with van der Waals surface area (Å²) in [5.74, 6) is 0.691. The van der Waals surface area contributed by atoms with Gasteiger partial charge in [0.25, 0.3) is 5.91 Å². The van der Waals surface area contributed by atoms with Crippen molar-refractivity contribution in [1.29, 1.82) is 0 Å². The van der Waals surface area contributed by atoms with E-state index in [4.69, 9.17) is 4.74 Å². The van der Waals surface area contributed by atoms with Crippen LogP contribution in [0.15, 0.2) is 48.5 Å². The van der Waals surface area contributed by atoms with Crippen molar-refractivity contribution >= 4 is 11.6 Å². The number of hydrogen-bond donors (Lipinski definition) is 1. The van der Waals surface area contributed by atoms with E-state index in [-0.39, 0.29) is 18.1 Å². The summed E-state index contributed by atoms with van der Waals surface area (Å²) in [6.07, 6.45) is 0.115. The van der Waals surface area contributed by atoms with Gasteiger partial charge in [-0.25, -0.2) is 0 Å². The van der Waals surface area contributed by atoms with E-state index < -0.39 is 0 Å². The molecule has 0 spiro atoms. The molecule has 0 aromatic heterocycles. The summed E-state index contributed by atoms with van der Waals surface area (Å²) in [5.41, 5.74) is 2.96. The van der Waals surface area contributed by atoms with Crippen molar-refractivity contribution in [3.05, 3.63) is 59.7 Å². The molecule has 0 saturated heterocycles. The van der Waals surface area contributed by atoms with Crippen LogP contribution in [0.1, 0.15) is 35.8 Å². The number of ether oxygens (including phenoxy) is 1. The first-order chi connectivity index (χ1) is 12.8. The fourth-order valence-electron chi connectivity index (χ4n) is 2.84. The minimum atomic E-state index is -0.0807.